The van der Waals surface area contributed by atoms with Gasteiger partial charge in [-0.15, -0.1) is 11.6 Å². The lowest BCUT2D eigenvalue weighted by Gasteiger charge is -2.32. The van der Waals surface area contributed by atoms with Crippen LogP contribution in [0.2, 0.25) is 0 Å². The van der Waals surface area contributed by atoms with Gasteiger partial charge in [-0.3, -0.25) is 0 Å². The number of alkyl halides is 1. The molecule has 2 saturated heterocycles. The zero-order valence-electron chi connectivity index (χ0n) is 11.4. The largest absolute Gasteiger partial charge is 0.432 e. The minimum atomic E-state index is 0.426. The van der Waals surface area contributed by atoms with Crippen LogP contribution in [0.4, 0.5) is 6.01 Å². The number of halogens is 1. The molecule has 5 heteroatoms. The van der Waals surface area contributed by atoms with Crippen molar-refractivity contribution in [1.82, 2.24) is 9.88 Å². The molecule has 3 rings (SSSR count). The van der Waals surface area contributed by atoms with Gasteiger partial charge < -0.3 is 14.2 Å². The molecule has 1 aromatic heterocycles. The molecule has 0 spiro atoms. The Hall–Kier alpha value is -0.740. The summed E-state index contributed by atoms with van der Waals surface area (Å²) in [4.78, 5) is 9.27. The van der Waals surface area contributed by atoms with Crippen LogP contribution in [-0.4, -0.2) is 42.6 Å². The number of piperidine rings is 1. The van der Waals surface area contributed by atoms with E-state index in [4.69, 9.17) is 16.0 Å². The number of nitrogens with zero attached hydrogens (tertiary/aromatic N) is 3. The van der Waals surface area contributed by atoms with E-state index in [0.717, 1.165) is 30.7 Å². The lowest BCUT2D eigenvalue weighted by atomic mass is 9.96. The molecule has 0 saturated carbocycles. The van der Waals surface area contributed by atoms with Crippen molar-refractivity contribution < 1.29 is 4.42 Å². The molecule has 2 fully saturated rings. The zero-order chi connectivity index (χ0) is 13.1. The average Bonchev–Trinajstić information content (AvgIpc) is 3.10. The van der Waals surface area contributed by atoms with Crippen LogP contribution >= 0.6 is 11.6 Å². The first kappa shape index (κ1) is 13.3. The summed E-state index contributed by atoms with van der Waals surface area (Å²) >= 11 is 5.75. The van der Waals surface area contributed by atoms with Crippen LogP contribution in [0.25, 0.3) is 0 Å². The summed E-state index contributed by atoms with van der Waals surface area (Å²) in [5.41, 5.74) is 0.829. The number of hydrogen-bond donors (Lipinski definition) is 0. The van der Waals surface area contributed by atoms with E-state index in [1.54, 1.807) is 6.26 Å². The number of oxazole rings is 1. The number of aromatic nitrogens is 1. The van der Waals surface area contributed by atoms with Gasteiger partial charge in [0.25, 0.3) is 6.01 Å². The highest BCUT2D eigenvalue weighted by atomic mass is 35.5. The molecule has 106 valence electrons. The van der Waals surface area contributed by atoms with E-state index in [-0.39, 0.29) is 0 Å². The second kappa shape index (κ2) is 6.14. The zero-order valence-corrected chi connectivity index (χ0v) is 12.1. The Labute approximate surface area is 119 Å². The summed E-state index contributed by atoms with van der Waals surface area (Å²) < 4.78 is 5.48. The van der Waals surface area contributed by atoms with Gasteiger partial charge in [0.15, 0.2) is 0 Å². The predicted octanol–water partition coefficient (Wildman–Crippen LogP) is 2.73. The van der Waals surface area contributed by atoms with E-state index in [1.807, 2.05) is 0 Å². The molecular formula is C14H22ClN3O. The van der Waals surface area contributed by atoms with Crippen molar-refractivity contribution >= 4 is 17.6 Å². The SMILES string of the molecule is ClCc1coc(N2CCC(CN3CCCC3)CC2)n1. The molecule has 19 heavy (non-hydrogen) atoms. The first-order valence-corrected chi connectivity index (χ1v) is 7.86. The quantitative estimate of drug-likeness (QED) is 0.796. The molecule has 0 atom stereocenters. The van der Waals surface area contributed by atoms with Gasteiger partial charge in [0.1, 0.15) is 6.26 Å². The Balaban J connectivity index is 1.48. The van der Waals surface area contributed by atoms with E-state index in [2.05, 4.69) is 14.8 Å². The Bertz CT molecular complexity index is 395. The first-order chi connectivity index (χ1) is 9.35. The van der Waals surface area contributed by atoms with Gasteiger partial charge in [-0.25, -0.2) is 0 Å². The Morgan fingerprint density at radius 1 is 1.21 bits per heavy atom. The number of rotatable bonds is 4. The third kappa shape index (κ3) is 3.23. The lowest BCUT2D eigenvalue weighted by molar-refractivity contribution is 0.247. The van der Waals surface area contributed by atoms with Crippen LogP contribution in [0.3, 0.4) is 0 Å². The molecule has 0 radical (unpaired) electrons. The summed E-state index contributed by atoms with van der Waals surface area (Å²) in [6.07, 6.45) is 6.93. The van der Waals surface area contributed by atoms with Crippen LogP contribution in [0.5, 0.6) is 0 Å². The van der Waals surface area contributed by atoms with Crippen molar-refractivity contribution in [3.8, 4) is 0 Å². The van der Waals surface area contributed by atoms with Gasteiger partial charge in [0.2, 0.25) is 0 Å². The van der Waals surface area contributed by atoms with E-state index in [0.29, 0.717) is 5.88 Å². The van der Waals surface area contributed by atoms with Crippen molar-refractivity contribution in [2.45, 2.75) is 31.6 Å². The number of likely N-dealkylation sites (tertiary alicyclic amines) is 1. The smallest absolute Gasteiger partial charge is 0.297 e. The van der Waals surface area contributed by atoms with E-state index in [9.17, 15) is 0 Å². The lowest BCUT2D eigenvalue weighted by Crippen LogP contribution is -2.38. The van der Waals surface area contributed by atoms with Gasteiger partial charge in [-0.1, -0.05) is 0 Å². The molecule has 4 nitrogen and oxygen atoms in total. The van der Waals surface area contributed by atoms with Gasteiger partial charge >= 0.3 is 0 Å². The van der Waals surface area contributed by atoms with Gasteiger partial charge in [0, 0.05) is 19.6 Å². The Morgan fingerprint density at radius 2 is 1.95 bits per heavy atom. The number of hydrogen-bond acceptors (Lipinski definition) is 4. The van der Waals surface area contributed by atoms with Crippen molar-refractivity contribution in [2.75, 3.05) is 37.6 Å². The van der Waals surface area contributed by atoms with Gasteiger partial charge in [0.05, 0.1) is 11.6 Å². The highest BCUT2D eigenvalue weighted by Gasteiger charge is 2.24. The van der Waals surface area contributed by atoms with Crippen molar-refractivity contribution in [3.63, 3.8) is 0 Å². The van der Waals surface area contributed by atoms with Crippen molar-refractivity contribution in [3.05, 3.63) is 12.0 Å². The van der Waals surface area contributed by atoms with Gasteiger partial charge in [-0.05, 0) is 44.7 Å². The van der Waals surface area contributed by atoms with Crippen molar-refractivity contribution in [2.24, 2.45) is 5.92 Å². The average molecular weight is 284 g/mol. The minimum absolute atomic E-state index is 0.426. The molecule has 1 aromatic rings. The van der Waals surface area contributed by atoms with Crippen LogP contribution in [0.1, 0.15) is 31.4 Å². The molecule has 2 aliphatic rings. The van der Waals surface area contributed by atoms with E-state index >= 15 is 0 Å². The fourth-order valence-electron chi connectivity index (χ4n) is 3.14. The third-order valence-corrected chi connectivity index (χ3v) is 4.55. The maximum atomic E-state index is 5.75. The monoisotopic (exact) mass is 283 g/mol. The fraction of sp³-hybridized carbons (Fsp3) is 0.786. The van der Waals surface area contributed by atoms with E-state index < -0.39 is 0 Å². The van der Waals surface area contributed by atoms with Crippen LogP contribution in [-0.2, 0) is 5.88 Å². The molecule has 0 aromatic carbocycles. The van der Waals surface area contributed by atoms with Crippen LogP contribution in [0.15, 0.2) is 10.7 Å². The maximum Gasteiger partial charge on any atom is 0.297 e. The second-order valence-corrected chi connectivity index (χ2v) is 5.96. The molecule has 0 amide bonds. The molecule has 0 aliphatic carbocycles. The summed E-state index contributed by atoms with van der Waals surface area (Å²) in [5.74, 6) is 1.27. The summed E-state index contributed by atoms with van der Waals surface area (Å²) in [7, 11) is 0. The van der Waals surface area contributed by atoms with Crippen molar-refractivity contribution in [1.29, 1.82) is 0 Å². The molecule has 2 aliphatic heterocycles. The summed E-state index contributed by atoms with van der Waals surface area (Å²) in [5, 5.41) is 0. The maximum absolute atomic E-state index is 5.75. The summed E-state index contributed by atoms with van der Waals surface area (Å²) in [6, 6.07) is 0.746. The fourth-order valence-corrected chi connectivity index (χ4v) is 3.26. The first-order valence-electron chi connectivity index (χ1n) is 7.33. The Morgan fingerprint density at radius 3 is 2.58 bits per heavy atom. The topological polar surface area (TPSA) is 32.5 Å². The molecule has 0 bridgehead atoms. The highest BCUT2D eigenvalue weighted by Crippen LogP contribution is 2.24. The van der Waals surface area contributed by atoms with Crippen LogP contribution in [0, 0.1) is 5.92 Å². The molecule has 0 N–H and O–H groups in total. The summed E-state index contributed by atoms with van der Waals surface area (Å²) in [6.45, 7) is 6.01. The normalized spacial score (nSPS) is 22.3. The highest BCUT2D eigenvalue weighted by molar-refractivity contribution is 6.16. The Kier molecular flexibility index (Phi) is 4.28. The third-order valence-electron chi connectivity index (χ3n) is 4.28. The molecular weight excluding hydrogens is 262 g/mol. The minimum Gasteiger partial charge on any atom is -0.432 e. The number of anilines is 1. The molecule has 3 heterocycles. The second-order valence-electron chi connectivity index (χ2n) is 5.69. The standard InChI is InChI=1S/C14H22ClN3O/c15-9-13-11-19-14(16-13)18-7-3-12(4-8-18)10-17-5-1-2-6-17/h11-12H,1-10H2. The molecule has 0 unspecified atom stereocenters. The van der Waals surface area contributed by atoms with Crippen LogP contribution < -0.4 is 4.90 Å². The van der Waals surface area contributed by atoms with E-state index in [1.165, 1.54) is 45.3 Å². The van der Waals surface area contributed by atoms with Gasteiger partial charge in [-0.2, -0.15) is 4.98 Å². The predicted molar refractivity (Wildman–Crippen MR) is 76.7 cm³/mol.